The van der Waals surface area contributed by atoms with Crippen LogP contribution in [0.3, 0.4) is 0 Å². The fraction of sp³-hybridized carbons (Fsp3) is 0.500. The average molecular weight is 279 g/mol. The summed E-state index contributed by atoms with van der Waals surface area (Å²) in [5, 5.41) is 4.77. The first-order valence-corrected chi connectivity index (χ1v) is 6.75. The van der Waals surface area contributed by atoms with Gasteiger partial charge in [-0.05, 0) is 19.9 Å². The van der Waals surface area contributed by atoms with Crippen LogP contribution in [0.2, 0.25) is 5.15 Å². The summed E-state index contributed by atoms with van der Waals surface area (Å²) in [6.45, 7) is 10.5. The van der Waals surface area contributed by atoms with Crippen LogP contribution < -0.4 is 0 Å². The molecule has 0 aliphatic heterocycles. The quantitative estimate of drug-likeness (QED) is 0.783. The van der Waals surface area contributed by atoms with Crippen LogP contribution in [-0.2, 0) is 5.41 Å². The van der Waals surface area contributed by atoms with E-state index in [0.29, 0.717) is 17.0 Å². The summed E-state index contributed by atoms with van der Waals surface area (Å²) in [7, 11) is 0. The molecule has 2 heterocycles. The topological polar surface area (TPSA) is 43.6 Å². The summed E-state index contributed by atoms with van der Waals surface area (Å²) in [6.07, 6.45) is 3.72. The zero-order chi connectivity index (χ0) is 14.2. The predicted octanol–water partition coefficient (Wildman–Crippen LogP) is 3.87. The van der Waals surface area contributed by atoms with Gasteiger partial charge in [0.2, 0.25) is 0 Å². The van der Waals surface area contributed by atoms with E-state index in [1.54, 1.807) is 6.20 Å². The Morgan fingerprint density at radius 2 is 1.89 bits per heavy atom. The Morgan fingerprint density at radius 3 is 2.42 bits per heavy atom. The third-order valence-corrected chi connectivity index (χ3v) is 3.05. The molecule has 0 saturated carbocycles. The smallest absolute Gasteiger partial charge is 0.164 e. The Bertz CT molecular complexity index is 581. The number of rotatable bonds is 2. The molecule has 2 aromatic heterocycles. The van der Waals surface area contributed by atoms with Crippen molar-refractivity contribution in [1.29, 1.82) is 0 Å². The molecule has 0 N–H and O–H groups in total. The van der Waals surface area contributed by atoms with E-state index >= 15 is 0 Å². The van der Waals surface area contributed by atoms with Crippen molar-refractivity contribution in [1.82, 2.24) is 19.7 Å². The van der Waals surface area contributed by atoms with Crippen molar-refractivity contribution in [3.05, 3.63) is 29.3 Å². The van der Waals surface area contributed by atoms with Gasteiger partial charge in [-0.25, -0.2) is 9.97 Å². The van der Waals surface area contributed by atoms with Crippen LogP contribution in [0.25, 0.3) is 11.4 Å². The maximum absolute atomic E-state index is 6.10. The Labute approximate surface area is 118 Å². The summed E-state index contributed by atoms with van der Waals surface area (Å²) >= 11 is 6.10. The highest BCUT2D eigenvalue weighted by molar-refractivity contribution is 6.29. The molecule has 19 heavy (non-hydrogen) atoms. The minimum atomic E-state index is -0.0601. The first kappa shape index (κ1) is 14.0. The number of aromatic nitrogens is 4. The van der Waals surface area contributed by atoms with Crippen LogP contribution in [-0.4, -0.2) is 19.7 Å². The Balaban J connectivity index is 2.47. The maximum atomic E-state index is 6.10. The largest absolute Gasteiger partial charge is 0.270 e. The monoisotopic (exact) mass is 278 g/mol. The van der Waals surface area contributed by atoms with E-state index in [-0.39, 0.29) is 5.41 Å². The van der Waals surface area contributed by atoms with E-state index in [1.807, 2.05) is 16.9 Å². The fourth-order valence-corrected chi connectivity index (χ4v) is 1.85. The number of halogens is 1. The van der Waals surface area contributed by atoms with E-state index in [9.17, 15) is 0 Å². The van der Waals surface area contributed by atoms with Gasteiger partial charge in [-0.15, -0.1) is 0 Å². The summed E-state index contributed by atoms with van der Waals surface area (Å²) in [5.41, 5.74) is 1.76. The molecule has 0 aromatic carbocycles. The van der Waals surface area contributed by atoms with Gasteiger partial charge in [0.1, 0.15) is 5.15 Å². The van der Waals surface area contributed by atoms with Crippen LogP contribution in [0.4, 0.5) is 0 Å². The molecule has 4 nitrogen and oxygen atoms in total. The second-order valence-corrected chi connectivity index (χ2v) is 6.34. The zero-order valence-corrected chi connectivity index (χ0v) is 12.7. The summed E-state index contributed by atoms with van der Waals surface area (Å²) < 4.78 is 1.89. The van der Waals surface area contributed by atoms with Gasteiger partial charge >= 0.3 is 0 Å². The van der Waals surface area contributed by atoms with Crippen molar-refractivity contribution in [2.75, 3.05) is 0 Å². The zero-order valence-electron chi connectivity index (χ0n) is 12.0. The average Bonchev–Trinajstić information content (AvgIpc) is 2.76. The van der Waals surface area contributed by atoms with Crippen molar-refractivity contribution in [2.45, 2.75) is 46.1 Å². The van der Waals surface area contributed by atoms with Gasteiger partial charge < -0.3 is 0 Å². The highest BCUT2D eigenvalue weighted by Gasteiger charge is 2.18. The second kappa shape index (κ2) is 4.93. The number of nitrogens with zero attached hydrogens (tertiary/aromatic N) is 4. The lowest BCUT2D eigenvalue weighted by Gasteiger charge is -2.18. The SMILES string of the molecule is CC(C)n1cc(-c2nc(Cl)cc(C(C)(C)C)n2)cn1. The lowest BCUT2D eigenvalue weighted by atomic mass is 9.92. The molecular weight excluding hydrogens is 260 g/mol. The molecule has 0 fully saturated rings. The van der Waals surface area contributed by atoms with E-state index in [4.69, 9.17) is 11.6 Å². The maximum Gasteiger partial charge on any atom is 0.164 e. The lowest BCUT2D eigenvalue weighted by molar-refractivity contribution is 0.532. The highest BCUT2D eigenvalue weighted by atomic mass is 35.5. The van der Waals surface area contributed by atoms with Crippen LogP contribution in [0.15, 0.2) is 18.5 Å². The van der Waals surface area contributed by atoms with Crippen LogP contribution in [0, 0.1) is 0 Å². The molecule has 5 heteroatoms. The minimum absolute atomic E-state index is 0.0601. The van der Waals surface area contributed by atoms with Crippen LogP contribution in [0.1, 0.15) is 46.4 Å². The Kier molecular flexibility index (Phi) is 3.63. The fourth-order valence-electron chi connectivity index (χ4n) is 1.67. The first-order chi connectivity index (χ1) is 8.77. The molecule has 0 aliphatic rings. The molecule has 2 rings (SSSR count). The molecule has 0 amide bonds. The third kappa shape index (κ3) is 3.13. The Morgan fingerprint density at radius 1 is 1.21 bits per heavy atom. The molecule has 0 atom stereocenters. The Hall–Kier alpha value is -1.42. The summed E-state index contributed by atoms with van der Waals surface area (Å²) in [6, 6.07) is 2.13. The van der Waals surface area contributed by atoms with E-state index in [0.717, 1.165) is 11.3 Å². The van der Waals surface area contributed by atoms with E-state index in [1.165, 1.54) is 0 Å². The van der Waals surface area contributed by atoms with E-state index in [2.05, 4.69) is 49.7 Å². The van der Waals surface area contributed by atoms with Gasteiger partial charge in [-0.2, -0.15) is 5.10 Å². The summed E-state index contributed by atoms with van der Waals surface area (Å²) in [5.74, 6) is 0.629. The van der Waals surface area contributed by atoms with Crippen molar-refractivity contribution in [2.24, 2.45) is 0 Å². The van der Waals surface area contributed by atoms with Gasteiger partial charge in [0.25, 0.3) is 0 Å². The standard InChI is InChI=1S/C14H19ClN4/c1-9(2)19-8-10(7-16-19)13-17-11(14(3,4)5)6-12(15)18-13/h6-9H,1-5H3. The minimum Gasteiger partial charge on any atom is -0.270 e. The molecule has 0 aliphatic carbocycles. The molecule has 0 bridgehead atoms. The molecule has 0 unspecified atom stereocenters. The molecular formula is C14H19ClN4. The van der Waals surface area contributed by atoms with Gasteiger partial charge in [0, 0.05) is 17.7 Å². The molecule has 0 spiro atoms. The van der Waals surface area contributed by atoms with Crippen LogP contribution >= 0.6 is 11.6 Å². The number of hydrogen-bond donors (Lipinski definition) is 0. The lowest BCUT2D eigenvalue weighted by Crippen LogP contribution is -2.14. The second-order valence-electron chi connectivity index (χ2n) is 5.95. The highest BCUT2D eigenvalue weighted by Crippen LogP contribution is 2.25. The first-order valence-electron chi connectivity index (χ1n) is 6.37. The van der Waals surface area contributed by atoms with Gasteiger partial charge in [0.05, 0.1) is 17.5 Å². The molecule has 0 radical (unpaired) electrons. The van der Waals surface area contributed by atoms with Crippen molar-refractivity contribution < 1.29 is 0 Å². The predicted molar refractivity (Wildman–Crippen MR) is 77.3 cm³/mol. The van der Waals surface area contributed by atoms with Gasteiger partial charge in [-0.3, -0.25) is 4.68 Å². The molecule has 0 saturated heterocycles. The normalized spacial score (nSPS) is 12.2. The van der Waals surface area contributed by atoms with Crippen molar-refractivity contribution in [3.8, 4) is 11.4 Å². The molecule has 2 aromatic rings. The van der Waals surface area contributed by atoms with Crippen molar-refractivity contribution in [3.63, 3.8) is 0 Å². The summed E-state index contributed by atoms with van der Waals surface area (Å²) in [4.78, 5) is 8.89. The van der Waals surface area contributed by atoms with Crippen molar-refractivity contribution >= 4 is 11.6 Å². The third-order valence-electron chi connectivity index (χ3n) is 2.85. The van der Waals surface area contributed by atoms with Gasteiger partial charge in [-0.1, -0.05) is 32.4 Å². The number of hydrogen-bond acceptors (Lipinski definition) is 3. The molecule has 102 valence electrons. The van der Waals surface area contributed by atoms with E-state index < -0.39 is 0 Å². The van der Waals surface area contributed by atoms with Crippen LogP contribution in [0.5, 0.6) is 0 Å². The van der Waals surface area contributed by atoms with Gasteiger partial charge in [0.15, 0.2) is 5.82 Å².